The third-order valence-electron chi connectivity index (χ3n) is 3.65. The van der Waals surface area contributed by atoms with Gasteiger partial charge in [0.05, 0.1) is 0 Å². The number of pyridine rings is 1. The zero-order chi connectivity index (χ0) is 14.9. The van der Waals surface area contributed by atoms with Gasteiger partial charge in [0.15, 0.2) is 0 Å². The van der Waals surface area contributed by atoms with Crippen molar-refractivity contribution in [3.8, 4) is 0 Å². The van der Waals surface area contributed by atoms with Gasteiger partial charge in [0.2, 0.25) is 0 Å². The van der Waals surface area contributed by atoms with Crippen LogP contribution in [0.1, 0.15) is 17.5 Å². The van der Waals surface area contributed by atoms with Crippen LogP contribution in [0, 0.1) is 0 Å². The number of nitrogens with zero attached hydrogens (tertiary/aromatic N) is 1. The highest BCUT2D eigenvalue weighted by Crippen LogP contribution is 2.27. The fraction of sp³-hybridized carbons (Fsp3) is 0.267. The Bertz CT molecular complexity index is 772. The minimum atomic E-state index is -3.65. The van der Waals surface area contributed by atoms with Gasteiger partial charge < -0.3 is 5.32 Å². The van der Waals surface area contributed by atoms with Gasteiger partial charge in [-0.3, -0.25) is 4.72 Å². The molecule has 0 saturated carbocycles. The molecule has 110 valence electrons. The van der Waals surface area contributed by atoms with Crippen molar-refractivity contribution in [2.45, 2.75) is 24.2 Å². The van der Waals surface area contributed by atoms with Gasteiger partial charge in [0.25, 0.3) is 10.0 Å². The fourth-order valence-corrected chi connectivity index (χ4v) is 3.85. The lowest BCUT2D eigenvalue weighted by Crippen LogP contribution is -2.15. The van der Waals surface area contributed by atoms with Crippen LogP contribution in [0.4, 0.5) is 11.5 Å². The summed E-state index contributed by atoms with van der Waals surface area (Å²) in [5.74, 6) is 0.339. The molecule has 1 aromatic heterocycles. The van der Waals surface area contributed by atoms with Gasteiger partial charge in [-0.15, -0.1) is 0 Å². The summed E-state index contributed by atoms with van der Waals surface area (Å²) in [7, 11) is -2.00. The van der Waals surface area contributed by atoms with Crippen LogP contribution >= 0.6 is 0 Å². The van der Waals surface area contributed by atoms with Crippen LogP contribution in [0.3, 0.4) is 0 Å². The summed E-state index contributed by atoms with van der Waals surface area (Å²) in [6.07, 6.45) is 4.78. The molecule has 21 heavy (non-hydrogen) atoms. The third kappa shape index (κ3) is 2.71. The maximum atomic E-state index is 12.5. The van der Waals surface area contributed by atoms with Crippen molar-refractivity contribution in [3.05, 3.63) is 47.7 Å². The minimum absolute atomic E-state index is 0.146. The molecule has 0 atom stereocenters. The van der Waals surface area contributed by atoms with E-state index in [1.54, 1.807) is 19.3 Å². The van der Waals surface area contributed by atoms with E-state index in [0.29, 0.717) is 11.5 Å². The Balaban J connectivity index is 1.93. The van der Waals surface area contributed by atoms with Crippen molar-refractivity contribution in [1.82, 2.24) is 4.98 Å². The van der Waals surface area contributed by atoms with Crippen LogP contribution in [0.15, 0.2) is 41.4 Å². The molecule has 0 fully saturated rings. The number of benzene rings is 1. The Labute approximate surface area is 124 Å². The molecular weight excluding hydrogens is 286 g/mol. The Kier molecular flexibility index (Phi) is 3.55. The largest absolute Gasteiger partial charge is 0.372 e. The molecule has 0 amide bonds. The smallest absolute Gasteiger partial charge is 0.265 e. The Hall–Kier alpha value is -2.08. The zero-order valence-corrected chi connectivity index (χ0v) is 12.6. The van der Waals surface area contributed by atoms with Crippen LogP contribution in [-0.4, -0.2) is 20.4 Å². The van der Waals surface area contributed by atoms with E-state index in [9.17, 15) is 8.42 Å². The molecule has 6 heteroatoms. The highest BCUT2D eigenvalue weighted by molar-refractivity contribution is 7.92. The van der Waals surface area contributed by atoms with E-state index in [1.807, 2.05) is 18.2 Å². The number of aryl methyl sites for hydroxylation is 2. The molecule has 0 aliphatic heterocycles. The first-order chi connectivity index (χ1) is 10.1. The number of anilines is 2. The van der Waals surface area contributed by atoms with Crippen LogP contribution in [-0.2, 0) is 22.9 Å². The molecule has 1 heterocycles. The first-order valence-electron chi connectivity index (χ1n) is 6.87. The first kappa shape index (κ1) is 13.9. The molecule has 0 saturated heterocycles. The lowest BCUT2D eigenvalue weighted by molar-refractivity contribution is 0.601. The highest BCUT2D eigenvalue weighted by Gasteiger charge is 2.20. The zero-order valence-electron chi connectivity index (χ0n) is 11.8. The normalized spacial score (nSPS) is 13.8. The van der Waals surface area contributed by atoms with Gasteiger partial charge in [-0.1, -0.05) is 6.07 Å². The Morgan fingerprint density at radius 1 is 1.14 bits per heavy atom. The molecular formula is C15H17N3O2S. The van der Waals surface area contributed by atoms with E-state index in [1.165, 1.54) is 17.2 Å². The summed E-state index contributed by atoms with van der Waals surface area (Å²) in [5, 5.41) is 2.80. The molecule has 0 bridgehead atoms. The molecule has 2 aromatic rings. The summed E-state index contributed by atoms with van der Waals surface area (Å²) in [6.45, 7) is 0. The maximum absolute atomic E-state index is 12.5. The quantitative estimate of drug-likeness (QED) is 0.910. The SMILES string of the molecule is CNc1ncccc1S(=O)(=O)Nc1ccc2c(c1)CCC2. The topological polar surface area (TPSA) is 71.1 Å². The fourth-order valence-electron chi connectivity index (χ4n) is 2.64. The Morgan fingerprint density at radius 3 is 2.76 bits per heavy atom. The highest BCUT2D eigenvalue weighted by atomic mass is 32.2. The number of nitrogens with one attached hydrogen (secondary N) is 2. The van der Waals surface area contributed by atoms with E-state index in [4.69, 9.17) is 0 Å². The minimum Gasteiger partial charge on any atom is -0.372 e. The third-order valence-corrected chi connectivity index (χ3v) is 5.06. The average molecular weight is 303 g/mol. The Morgan fingerprint density at radius 2 is 1.95 bits per heavy atom. The first-order valence-corrected chi connectivity index (χ1v) is 8.36. The average Bonchev–Trinajstić information content (AvgIpc) is 2.94. The molecule has 1 aliphatic carbocycles. The van der Waals surface area contributed by atoms with Gasteiger partial charge in [0.1, 0.15) is 10.7 Å². The lowest BCUT2D eigenvalue weighted by Gasteiger charge is -2.12. The number of sulfonamides is 1. The monoisotopic (exact) mass is 303 g/mol. The van der Waals surface area contributed by atoms with Crippen LogP contribution in [0.2, 0.25) is 0 Å². The molecule has 0 spiro atoms. The summed E-state index contributed by atoms with van der Waals surface area (Å²) in [6, 6.07) is 8.89. The van der Waals surface area contributed by atoms with Crippen LogP contribution in [0.5, 0.6) is 0 Å². The van der Waals surface area contributed by atoms with E-state index in [0.717, 1.165) is 19.3 Å². The van der Waals surface area contributed by atoms with E-state index >= 15 is 0 Å². The number of fused-ring (bicyclic) bond motifs is 1. The number of hydrogen-bond acceptors (Lipinski definition) is 4. The van der Waals surface area contributed by atoms with Crippen LogP contribution < -0.4 is 10.0 Å². The number of aromatic nitrogens is 1. The van der Waals surface area contributed by atoms with E-state index in [2.05, 4.69) is 15.0 Å². The van der Waals surface area contributed by atoms with Gasteiger partial charge >= 0.3 is 0 Å². The summed E-state index contributed by atoms with van der Waals surface area (Å²) >= 11 is 0. The molecule has 1 aromatic carbocycles. The summed E-state index contributed by atoms with van der Waals surface area (Å²) in [5.41, 5.74) is 3.15. The second kappa shape index (κ2) is 5.37. The number of hydrogen-bond donors (Lipinski definition) is 2. The molecule has 0 unspecified atom stereocenters. The second-order valence-electron chi connectivity index (χ2n) is 5.04. The molecule has 1 aliphatic rings. The van der Waals surface area contributed by atoms with Gasteiger partial charge in [-0.25, -0.2) is 13.4 Å². The van der Waals surface area contributed by atoms with Crippen molar-refractivity contribution in [3.63, 3.8) is 0 Å². The second-order valence-corrected chi connectivity index (χ2v) is 6.69. The van der Waals surface area contributed by atoms with E-state index in [-0.39, 0.29) is 4.90 Å². The van der Waals surface area contributed by atoms with E-state index < -0.39 is 10.0 Å². The lowest BCUT2D eigenvalue weighted by atomic mass is 10.1. The van der Waals surface area contributed by atoms with Gasteiger partial charge in [-0.2, -0.15) is 0 Å². The maximum Gasteiger partial charge on any atom is 0.265 e. The van der Waals surface area contributed by atoms with Crippen molar-refractivity contribution < 1.29 is 8.42 Å². The van der Waals surface area contributed by atoms with Crippen molar-refractivity contribution in [2.24, 2.45) is 0 Å². The molecule has 3 rings (SSSR count). The van der Waals surface area contributed by atoms with Crippen molar-refractivity contribution in [1.29, 1.82) is 0 Å². The van der Waals surface area contributed by atoms with Crippen molar-refractivity contribution in [2.75, 3.05) is 17.1 Å². The predicted molar refractivity (Wildman–Crippen MR) is 83.1 cm³/mol. The molecule has 5 nitrogen and oxygen atoms in total. The van der Waals surface area contributed by atoms with Crippen molar-refractivity contribution >= 4 is 21.5 Å². The standard InChI is InChI=1S/C15H17N3O2S/c1-16-15-14(6-3-9-17-15)21(19,20)18-13-8-7-11-4-2-5-12(11)10-13/h3,6-10,18H,2,4-5H2,1H3,(H,16,17). The molecule has 2 N–H and O–H groups in total. The number of rotatable bonds is 4. The summed E-state index contributed by atoms with van der Waals surface area (Å²) in [4.78, 5) is 4.18. The van der Waals surface area contributed by atoms with Gasteiger partial charge in [0, 0.05) is 18.9 Å². The summed E-state index contributed by atoms with van der Waals surface area (Å²) < 4.78 is 27.6. The molecule has 0 radical (unpaired) electrons. The predicted octanol–water partition coefficient (Wildman–Crippen LogP) is 2.41. The van der Waals surface area contributed by atoms with Gasteiger partial charge in [-0.05, 0) is 54.7 Å². The van der Waals surface area contributed by atoms with Crippen LogP contribution in [0.25, 0.3) is 0 Å².